The summed E-state index contributed by atoms with van der Waals surface area (Å²) in [5.74, 6) is 0. The first-order valence-corrected chi connectivity index (χ1v) is 16.9. The molecule has 0 aromatic rings. The van der Waals surface area contributed by atoms with Gasteiger partial charge in [-0.25, -0.2) is 0 Å². The van der Waals surface area contributed by atoms with Crippen LogP contribution in [0.15, 0.2) is 0 Å². The zero-order valence-electron chi connectivity index (χ0n) is 17.2. The Kier molecular flexibility index (Phi) is 21.3. The average Bonchev–Trinajstić information content (AvgIpc) is 2.62. The molecule has 2 unspecified atom stereocenters. The Morgan fingerprint density at radius 2 is 0.885 bits per heavy atom. The maximum atomic E-state index is 5.62. The molecule has 2 atom stereocenters. The van der Waals surface area contributed by atoms with Gasteiger partial charge in [0.1, 0.15) is 0 Å². The van der Waals surface area contributed by atoms with E-state index in [-0.39, 0.29) is 12.6 Å². The van der Waals surface area contributed by atoms with Gasteiger partial charge in [-0.05, 0) is 73.0 Å². The highest BCUT2D eigenvalue weighted by atomic mass is 33.7. The number of ether oxygens (including phenoxy) is 4. The van der Waals surface area contributed by atoms with Gasteiger partial charge in [-0.3, -0.25) is 0 Å². The summed E-state index contributed by atoms with van der Waals surface area (Å²) in [6.45, 7) is 11.0. The van der Waals surface area contributed by atoms with Crippen LogP contribution in [0.1, 0.15) is 53.4 Å². The Balaban J connectivity index is 3.75. The lowest BCUT2D eigenvalue weighted by Crippen LogP contribution is -2.19. The van der Waals surface area contributed by atoms with Crippen LogP contribution < -0.4 is 0 Å². The van der Waals surface area contributed by atoms with E-state index in [1.165, 1.54) is 33.3 Å². The van der Waals surface area contributed by atoms with Crippen LogP contribution >= 0.6 is 41.2 Å². The average molecular weight is 479 g/mol. The van der Waals surface area contributed by atoms with Crippen LogP contribution in [0.5, 0.6) is 0 Å². The Morgan fingerprint density at radius 1 is 0.577 bits per heavy atom. The molecule has 0 aromatic heterocycles. The second-order valence-corrected chi connectivity index (χ2v) is 16.9. The molecule has 0 amide bonds. The van der Waals surface area contributed by atoms with Crippen molar-refractivity contribution in [3.05, 3.63) is 0 Å². The van der Waals surface area contributed by atoms with Crippen molar-refractivity contribution in [2.75, 3.05) is 26.4 Å². The number of rotatable bonds is 19. The van der Waals surface area contributed by atoms with Gasteiger partial charge < -0.3 is 18.9 Å². The molecule has 0 aromatic carbocycles. The summed E-state index contributed by atoms with van der Waals surface area (Å²) in [6.07, 6.45) is 4.30. The van der Waals surface area contributed by atoms with Crippen LogP contribution in [0.4, 0.5) is 0 Å². The van der Waals surface area contributed by atoms with Crippen molar-refractivity contribution >= 4 is 61.7 Å². The van der Waals surface area contributed by atoms with Crippen molar-refractivity contribution in [3.8, 4) is 0 Å². The third-order valence-corrected chi connectivity index (χ3v) is 15.4. The van der Waals surface area contributed by atoms with Crippen molar-refractivity contribution in [3.63, 3.8) is 0 Å². The molecular weight excluding hydrogens is 441 g/mol. The molecule has 0 heterocycles. The van der Waals surface area contributed by atoms with E-state index in [0.717, 1.165) is 49.0 Å². The Morgan fingerprint density at radius 3 is 1.15 bits per heavy atom. The van der Waals surface area contributed by atoms with E-state index < -0.39 is 0 Å². The third-order valence-electron chi connectivity index (χ3n) is 3.46. The zero-order chi connectivity index (χ0) is 19.6. The van der Waals surface area contributed by atoms with Crippen molar-refractivity contribution in [1.29, 1.82) is 0 Å². The van der Waals surface area contributed by atoms with Gasteiger partial charge in [0.05, 0.1) is 0 Å². The lowest BCUT2D eigenvalue weighted by atomic mass is 10.3. The molecule has 0 radical (unpaired) electrons. The minimum Gasteiger partial charge on any atom is -0.353 e. The van der Waals surface area contributed by atoms with Crippen LogP contribution in [0.3, 0.4) is 0 Å². The van der Waals surface area contributed by atoms with Gasteiger partial charge in [-0.1, -0.05) is 21.6 Å². The Hall–Kier alpha value is 1.67. The fraction of sp³-hybridized carbons (Fsp3) is 1.00. The molecule has 0 aliphatic rings. The standard InChI is InChI=1S/C16H38O4S4Si2/c1-5-17-13(18-6-2)9-11-15(25)21-23-24-22-16(26)12-10-14(19-7-3)20-8-4/h13-16H,5-12H2,1-4,25-26H3. The SMILES string of the molecule is CCOC(CCC([SiH3])SSSSC([SiH3])CCC(OCC)OCC)OCC. The lowest BCUT2D eigenvalue weighted by molar-refractivity contribution is -0.139. The highest BCUT2D eigenvalue weighted by Crippen LogP contribution is 2.47. The summed E-state index contributed by atoms with van der Waals surface area (Å²) in [5.41, 5.74) is 0. The van der Waals surface area contributed by atoms with Crippen molar-refractivity contribution in [2.24, 2.45) is 0 Å². The van der Waals surface area contributed by atoms with E-state index >= 15 is 0 Å². The van der Waals surface area contributed by atoms with Crippen molar-refractivity contribution in [1.82, 2.24) is 0 Å². The smallest absolute Gasteiger partial charge is 0.157 e. The van der Waals surface area contributed by atoms with Crippen LogP contribution in [0.2, 0.25) is 0 Å². The van der Waals surface area contributed by atoms with Gasteiger partial charge in [0, 0.05) is 56.7 Å². The molecule has 0 fully saturated rings. The first-order valence-electron chi connectivity index (χ1n) is 9.69. The minimum absolute atomic E-state index is 0.0243. The molecule has 0 rings (SSSR count). The second kappa shape index (κ2) is 20.0. The largest absolute Gasteiger partial charge is 0.353 e. The van der Waals surface area contributed by atoms with Crippen molar-refractivity contribution < 1.29 is 18.9 Å². The molecule has 26 heavy (non-hydrogen) atoms. The summed E-state index contributed by atoms with van der Waals surface area (Å²) in [6, 6.07) is 0. The van der Waals surface area contributed by atoms with Crippen molar-refractivity contribution in [2.45, 2.75) is 75.7 Å². The van der Waals surface area contributed by atoms with Gasteiger partial charge in [0.15, 0.2) is 12.6 Å². The quantitative estimate of drug-likeness (QED) is 0.121. The normalized spacial score (nSPS) is 14.5. The van der Waals surface area contributed by atoms with E-state index in [9.17, 15) is 0 Å². The van der Waals surface area contributed by atoms with Crippen LogP contribution in [-0.2, 0) is 18.9 Å². The summed E-state index contributed by atoms with van der Waals surface area (Å²) in [4.78, 5) is 1.48. The van der Waals surface area contributed by atoms with Crippen LogP contribution in [0.25, 0.3) is 0 Å². The molecule has 0 N–H and O–H groups in total. The molecule has 0 saturated carbocycles. The predicted molar refractivity (Wildman–Crippen MR) is 130 cm³/mol. The molecule has 158 valence electrons. The topological polar surface area (TPSA) is 36.9 Å². The fourth-order valence-corrected chi connectivity index (χ4v) is 14.2. The summed E-state index contributed by atoms with van der Waals surface area (Å²) >= 11 is 0. The van der Waals surface area contributed by atoms with E-state index in [1.54, 1.807) is 0 Å². The van der Waals surface area contributed by atoms with Gasteiger partial charge in [-0.2, -0.15) is 0 Å². The van der Waals surface area contributed by atoms with E-state index in [2.05, 4.69) is 0 Å². The Bertz CT molecular complexity index is 269. The molecule has 10 heteroatoms. The lowest BCUT2D eigenvalue weighted by Gasteiger charge is -2.19. The van der Waals surface area contributed by atoms with Gasteiger partial charge in [0.2, 0.25) is 0 Å². The molecule has 0 bridgehead atoms. The maximum Gasteiger partial charge on any atom is 0.157 e. The van der Waals surface area contributed by atoms with Crippen LogP contribution in [-0.4, -0.2) is 69.2 Å². The van der Waals surface area contributed by atoms with E-state index in [0.29, 0.717) is 0 Å². The predicted octanol–water partition coefficient (Wildman–Crippen LogP) is 3.41. The maximum absolute atomic E-state index is 5.62. The molecule has 0 spiro atoms. The summed E-state index contributed by atoms with van der Waals surface area (Å²) < 4.78 is 22.5. The molecule has 0 aliphatic heterocycles. The highest BCUT2D eigenvalue weighted by molar-refractivity contribution is 9.26. The molecular formula is C16H38O4S4Si2. The van der Waals surface area contributed by atoms with Crippen LogP contribution in [0, 0.1) is 0 Å². The fourth-order valence-electron chi connectivity index (χ4n) is 2.18. The molecule has 0 saturated heterocycles. The number of hydrogen-bond acceptors (Lipinski definition) is 8. The van der Waals surface area contributed by atoms with E-state index in [1.807, 2.05) is 68.9 Å². The molecule has 0 aliphatic carbocycles. The van der Waals surface area contributed by atoms with Gasteiger partial charge in [0.25, 0.3) is 0 Å². The van der Waals surface area contributed by atoms with Gasteiger partial charge in [-0.15, -0.1) is 0 Å². The molecule has 4 nitrogen and oxygen atoms in total. The summed E-state index contributed by atoms with van der Waals surface area (Å²) in [7, 11) is 10.3. The first-order chi connectivity index (χ1) is 12.6. The second-order valence-electron chi connectivity index (χ2n) is 5.78. The van der Waals surface area contributed by atoms with E-state index in [4.69, 9.17) is 18.9 Å². The third kappa shape index (κ3) is 16.6. The monoisotopic (exact) mass is 478 g/mol. The minimum atomic E-state index is -0.0243. The Labute approximate surface area is 182 Å². The zero-order valence-corrected chi connectivity index (χ0v) is 24.5. The number of hydrogen-bond donors (Lipinski definition) is 0. The summed E-state index contributed by atoms with van der Waals surface area (Å²) in [5, 5.41) is 0. The van der Waals surface area contributed by atoms with Gasteiger partial charge >= 0.3 is 0 Å². The highest BCUT2D eigenvalue weighted by Gasteiger charge is 2.14. The first kappa shape index (κ1) is 27.7.